The first-order chi connectivity index (χ1) is 13.2. The summed E-state index contributed by atoms with van der Waals surface area (Å²) in [7, 11) is 0. The van der Waals surface area contributed by atoms with Crippen LogP contribution in [-0.2, 0) is 20.9 Å². The van der Waals surface area contributed by atoms with Crippen molar-refractivity contribution in [2.24, 2.45) is 0 Å². The molecule has 1 aromatic rings. The molecule has 7 heteroatoms. The summed E-state index contributed by atoms with van der Waals surface area (Å²) in [4.78, 5) is 28.6. The number of rotatable bonds is 8. The maximum Gasteiger partial charge on any atom is 0.238 e. The Kier molecular flexibility index (Phi) is 8.41. The third-order valence-electron chi connectivity index (χ3n) is 4.44. The highest BCUT2D eigenvalue weighted by molar-refractivity contribution is 5.92. The second-order valence-electron chi connectivity index (χ2n) is 8.24. The van der Waals surface area contributed by atoms with Crippen molar-refractivity contribution < 1.29 is 14.3 Å². The summed E-state index contributed by atoms with van der Waals surface area (Å²) >= 11 is 0. The number of anilines is 1. The van der Waals surface area contributed by atoms with Crippen LogP contribution < -0.4 is 10.6 Å². The Labute approximate surface area is 168 Å². The van der Waals surface area contributed by atoms with Crippen molar-refractivity contribution in [2.75, 3.05) is 51.3 Å². The van der Waals surface area contributed by atoms with Gasteiger partial charge in [0, 0.05) is 30.9 Å². The maximum atomic E-state index is 12.3. The number of likely N-dealkylation sites (N-methyl/N-ethyl adjacent to an activating group) is 1. The SMILES string of the molecule is CCN(CC(=O)Nc1ccc(CN2CCOCC2)cc1)CC(=O)NC(C)(C)C. The standard InChI is InChI=1S/C21H34N4O3/c1-5-24(16-20(27)23-21(2,3)4)15-19(26)22-18-8-6-17(7-9-18)14-25-10-12-28-13-11-25/h6-9H,5,10-16H2,1-4H3,(H,22,26)(H,23,27). The molecule has 1 saturated heterocycles. The molecule has 0 radical (unpaired) electrons. The van der Waals surface area contributed by atoms with Crippen LogP contribution in [0.3, 0.4) is 0 Å². The minimum absolute atomic E-state index is 0.0744. The van der Waals surface area contributed by atoms with Gasteiger partial charge in [-0.1, -0.05) is 19.1 Å². The summed E-state index contributed by atoms with van der Waals surface area (Å²) in [6.07, 6.45) is 0. The number of morpholine rings is 1. The Bertz CT molecular complexity index is 634. The van der Waals surface area contributed by atoms with E-state index in [-0.39, 0.29) is 30.4 Å². The number of carbonyl (C=O) groups excluding carboxylic acids is 2. The molecule has 2 amide bonds. The lowest BCUT2D eigenvalue weighted by molar-refractivity contribution is -0.124. The molecule has 7 nitrogen and oxygen atoms in total. The van der Waals surface area contributed by atoms with Crippen LogP contribution >= 0.6 is 0 Å². The molecule has 1 aliphatic rings. The van der Waals surface area contributed by atoms with Gasteiger partial charge in [0.1, 0.15) is 0 Å². The molecule has 0 spiro atoms. The first-order valence-electron chi connectivity index (χ1n) is 9.97. The van der Waals surface area contributed by atoms with Crippen molar-refractivity contribution in [1.29, 1.82) is 0 Å². The van der Waals surface area contributed by atoms with Crippen LogP contribution in [0.15, 0.2) is 24.3 Å². The van der Waals surface area contributed by atoms with Crippen molar-refractivity contribution in [3.63, 3.8) is 0 Å². The molecule has 1 aliphatic heterocycles. The number of amides is 2. The molecule has 1 fully saturated rings. The van der Waals surface area contributed by atoms with Crippen molar-refractivity contribution >= 4 is 17.5 Å². The smallest absolute Gasteiger partial charge is 0.238 e. The number of carbonyl (C=O) groups is 2. The summed E-state index contributed by atoms with van der Waals surface area (Å²) in [5.41, 5.74) is 1.71. The highest BCUT2D eigenvalue weighted by Crippen LogP contribution is 2.12. The van der Waals surface area contributed by atoms with Gasteiger partial charge in [-0.2, -0.15) is 0 Å². The third kappa shape index (κ3) is 8.37. The van der Waals surface area contributed by atoms with Crippen LogP contribution in [0.25, 0.3) is 0 Å². The van der Waals surface area contributed by atoms with E-state index in [2.05, 4.69) is 15.5 Å². The number of nitrogens with zero attached hydrogens (tertiary/aromatic N) is 2. The highest BCUT2D eigenvalue weighted by atomic mass is 16.5. The lowest BCUT2D eigenvalue weighted by atomic mass is 10.1. The zero-order chi connectivity index (χ0) is 20.6. The second-order valence-corrected chi connectivity index (χ2v) is 8.24. The fourth-order valence-electron chi connectivity index (χ4n) is 3.05. The third-order valence-corrected chi connectivity index (χ3v) is 4.44. The van der Waals surface area contributed by atoms with E-state index in [4.69, 9.17) is 4.74 Å². The van der Waals surface area contributed by atoms with Gasteiger partial charge in [0.2, 0.25) is 11.8 Å². The Hall–Kier alpha value is -1.96. The van der Waals surface area contributed by atoms with Gasteiger partial charge >= 0.3 is 0 Å². The molecule has 2 N–H and O–H groups in total. The Balaban J connectivity index is 1.79. The van der Waals surface area contributed by atoms with E-state index in [1.807, 2.05) is 56.9 Å². The first-order valence-corrected chi connectivity index (χ1v) is 9.97. The fourth-order valence-corrected chi connectivity index (χ4v) is 3.05. The quantitative estimate of drug-likeness (QED) is 0.707. The zero-order valence-electron chi connectivity index (χ0n) is 17.6. The predicted octanol–water partition coefficient (Wildman–Crippen LogP) is 1.69. The molecule has 28 heavy (non-hydrogen) atoms. The number of benzene rings is 1. The van der Waals surface area contributed by atoms with E-state index in [1.165, 1.54) is 5.56 Å². The normalized spacial score (nSPS) is 15.5. The molecule has 0 aliphatic carbocycles. The molecule has 1 aromatic carbocycles. The van der Waals surface area contributed by atoms with Gasteiger partial charge in [-0.25, -0.2) is 0 Å². The molecule has 0 aromatic heterocycles. The lowest BCUT2D eigenvalue weighted by Crippen LogP contribution is -2.47. The van der Waals surface area contributed by atoms with Gasteiger partial charge in [-0.05, 0) is 45.0 Å². The molecular weight excluding hydrogens is 356 g/mol. The summed E-state index contributed by atoms with van der Waals surface area (Å²) in [5.74, 6) is -0.194. The Morgan fingerprint density at radius 3 is 2.25 bits per heavy atom. The van der Waals surface area contributed by atoms with Gasteiger partial charge in [0.15, 0.2) is 0 Å². The van der Waals surface area contributed by atoms with Gasteiger partial charge in [0.05, 0.1) is 26.3 Å². The lowest BCUT2D eigenvalue weighted by Gasteiger charge is -2.26. The van der Waals surface area contributed by atoms with Gasteiger partial charge < -0.3 is 15.4 Å². The number of nitrogens with one attached hydrogen (secondary N) is 2. The van der Waals surface area contributed by atoms with Crippen molar-refractivity contribution in [2.45, 2.75) is 39.8 Å². The van der Waals surface area contributed by atoms with Crippen LogP contribution in [0, 0.1) is 0 Å². The minimum atomic E-state index is -0.276. The van der Waals surface area contributed by atoms with E-state index >= 15 is 0 Å². The largest absolute Gasteiger partial charge is 0.379 e. The van der Waals surface area contributed by atoms with Crippen LogP contribution in [0.4, 0.5) is 5.69 Å². The van der Waals surface area contributed by atoms with Crippen molar-refractivity contribution in [1.82, 2.24) is 15.1 Å². The van der Waals surface area contributed by atoms with E-state index in [0.29, 0.717) is 6.54 Å². The molecule has 156 valence electrons. The van der Waals surface area contributed by atoms with Crippen molar-refractivity contribution in [3.8, 4) is 0 Å². The van der Waals surface area contributed by atoms with Gasteiger partial charge in [-0.15, -0.1) is 0 Å². The molecule has 1 heterocycles. The molecule has 0 bridgehead atoms. The molecule has 2 rings (SSSR count). The van der Waals surface area contributed by atoms with Crippen LogP contribution in [0.2, 0.25) is 0 Å². The summed E-state index contributed by atoms with van der Waals surface area (Å²) < 4.78 is 5.37. The zero-order valence-corrected chi connectivity index (χ0v) is 17.6. The first kappa shape index (κ1) is 22.3. The van der Waals surface area contributed by atoms with Crippen LogP contribution in [-0.4, -0.2) is 73.1 Å². The Morgan fingerprint density at radius 1 is 1.07 bits per heavy atom. The van der Waals surface area contributed by atoms with Gasteiger partial charge in [0.25, 0.3) is 0 Å². The molecule has 0 saturated carbocycles. The highest BCUT2D eigenvalue weighted by Gasteiger charge is 2.18. The molecular formula is C21H34N4O3. The second kappa shape index (κ2) is 10.5. The van der Waals surface area contributed by atoms with E-state index in [0.717, 1.165) is 38.5 Å². The van der Waals surface area contributed by atoms with E-state index < -0.39 is 0 Å². The summed E-state index contributed by atoms with van der Waals surface area (Å²) in [5, 5.41) is 5.84. The number of ether oxygens (including phenoxy) is 1. The predicted molar refractivity (Wildman–Crippen MR) is 111 cm³/mol. The van der Waals surface area contributed by atoms with Gasteiger partial charge in [-0.3, -0.25) is 19.4 Å². The summed E-state index contributed by atoms with van der Waals surface area (Å²) in [6, 6.07) is 7.94. The van der Waals surface area contributed by atoms with Crippen LogP contribution in [0.5, 0.6) is 0 Å². The van der Waals surface area contributed by atoms with E-state index in [1.54, 1.807) is 0 Å². The molecule has 0 atom stereocenters. The average Bonchev–Trinajstić information content (AvgIpc) is 2.62. The minimum Gasteiger partial charge on any atom is -0.379 e. The fraction of sp³-hybridized carbons (Fsp3) is 0.619. The number of hydrogen-bond acceptors (Lipinski definition) is 5. The van der Waals surface area contributed by atoms with E-state index in [9.17, 15) is 9.59 Å². The summed E-state index contributed by atoms with van der Waals surface area (Å²) in [6.45, 7) is 13.2. The van der Waals surface area contributed by atoms with Crippen LogP contribution in [0.1, 0.15) is 33.3 Å². The topological polar surface area (TPSA) is 73.9 Å². The maximum absolute atomic E-state index is 12.3. The number of hydrogen-bond donors (Lipinski definition) is 2. The molecule has 0 unspecified atom stereocenters. The average molecular weight is 391 g/mol. The van der Waals surface area contributed by atoms with Crippen molar-refractivity contribution in [3.05, 3.63) is 29.8 Å². The Morgan fingerprint density at radius 2 is 1.68 bits per heavy atom. The monoisotopic (exact) mass is 390 g/mol.